The number of oxime groups is 2. The Balaban J connectivity index is 0.000000215. The number of benzene rings is 9. The summed E-state index contributed by atoms with van der Waals surface area (Å²) in [5, 5.41) is 44.4. The van der Waals surface area contributed by atoms with Crippen LogP contribution in [0, 0.1) is 47.8 Å². The smallest absolute Gasteiger partial charge is 0.309 e. The molecule has 0 aromatic heterocycles. The first-order chi connectivity index (χ1) is 49.2. The summed E-state index contributed by atoms with van der Waals surface area (Å²) in [6.07, 6.45) is 2.35. The van der Waals surface area contributed by atoms with E-state index >= 15 is 0 Å². The maximum absolute atomic E-state index is 12.4. The second kappa shape index (κ2) is 40.6. The predicted octanol–water partition coefficient (Wildman–Crippen LogP) is 15.4. The molecule has 534 valence electrons. The second-order valence-corrected chi connectivity index (χ2v) is 23.8. The van der Waals surface area contributed by atoms with Gasteiger partial charge in [-0.25, -0.2) is 0 Å². The molecule has 0 amide bonds. The maximum Gasteiger partial charge on any atom is 0.309 e. The number of hydrogen-bond donors (Lipinski definition) is 2. The van der Waals surface area contributed by atoms with Gasteiger partial charge in [0.25, 0.3) is 0 Å². The van der Waals surface area contributed by atoms with Crippen molar-refractivity contribution in [1.29, 1.82) is 10.5 Å². The van der Waals surface area contributed by atoms with E-state index in [0.717, 1.165) is 74.4 Å². The Kier molecular flexibility index (Phi) is 31.1. The molecular weight excluding hydrogens is 1400 g/mol. The van der Waals surface area contributed by atoms with Gasteiger partial charge in [0, 0.05) is 38.5 Å². The number of phenols is 1. The van der Waals surface area contributed by atoms with E-state index < -0.39 is 5.97 Å². The van der Waals surface area contributed by atoms with Crippen LogP contribution in [0.1, 0.15) is 112 Å². The Morgan fingerprint density at radius 3 is 1.09 bits per heavy atom. The molecule has 9 aromatic carbocycles. The summed E-state index contributed by atoms with van der Waals surface area (Å²) < 4.78 is 38.8. The van der Waals surface area contributed by atoms with Crippen molar-refractivity contribution in [3.8, 4) is 40.9 Å². The zero-order chi connectivity index (χ0) is 71.3. The predicted molar refractivity (Wildman–Crippen MR) is 384 cm³/mol. The first kappa shape index (κ1) is 78.8. The molecule has 0 aliphatic heterocycles. The minimum absolute atomic E-state index is 0. The third-order valence-electron chi connectivity index (χ3n) is 16.5. The number of ether oxygens (including phenoxy) is 7. The number of hydrogen-bond acceptors (Lipinski definition) is 18. The van der Waals surface area contributed by atoms with Crippen LogP contribution in [0.3, 0.4) is 0 Å². The van der Waals surface area contributed by atoms with E-state index in [2.05, 4.69) is 27.2 Å². The number of carboxylic acid groups (broad SMARTS) is 1. The summed E-state index contributed by atoms with van der Waals surface area (Å²) >= 11 is 0. The van der Waals surface area contributed by atoms with Gasteiger partial charge in [-0.3, -0.25) is 19.2 Å². The fourth-order valence-electron chi connectivity index (χ4n) is 10.7. The minimum atomic E-state index is -0.728. The van der Waals surface area contributed by atoms with Crippen LogP contribution >= 0.6 is 0 Å². The average Bonchev–Trinajstić information content (AvgIpc) is 1.04. The summed E-state index contributed by atoms with van der Waals surface area (Å²) in [7, 11) is 2.96. The van der Waals surface area contributed by atoms with Gasteiger partial charge >= 0.3 is 23.9 Å². The van der Waals surface area contributed by atoms with Gasteiger partial charge in [-0.15, -0.1) is 0 Å². The molecule has 3 fully saturated rings. The Hall–Kier alpha value is -11.6. The number of rotatable bonds is 27. The van der Waals surface area contributed by atoms with Crippen LogP contribution < -0.4 is 18.9 Å². The number of nitrogens with zero attached hydrogens (tertiary/aromatic N) is 4. The molecule has 6 atom stereocenters. The quantitative estimate of drug-likeness (QED) is 0.0121. The second-order valence-electron chi connectivity index (χ2n) is 23.8. The average molecular weight is 1480 g/mol. The van der Waals surface area contributed by atoms with Crippen molar-refractivity contribution in [2.45, 2.75) is 77.3 Å². The van der Waals surface area contributed by atoms with Crippen LogP contribution in [0.4, 0.5) is 0 Å². The van der Waals surface area contributed by atoms with Crippen molar-refractivity contribution < 1.29 is 92.6 Å². The van der Waals surface area contributed by atoms with E-state index in [1.165, 1.54) is 21.1 Å². The number of carbonyl (C=O) groups excluding carboxylic acids is 3. The first-order valence-corrected chi connectivity index (χ1v) is 32.9. The molecule has 12 rings (SSSR count). The molecule has 103 heavy (non-hydrogen) atoms. The Bertz CT molecular complexity index is 4280. The molecule has 20 heteroatoms. The molecule has 0 unspecified atom stereocenters. The standard InChI is InChI=1S/C34H30N2O5.C27H24N2O5.C17H16O3.C4H8O2.CH3.Pd/c1-38-36-33(28-11-7-24(20-35)8-12-28)23-40-29-15-9-26(10-16-29)21-39-30-17-13-27(14-18-30)31-19-32(31)34(37)41-22-25-5-3-2-4-6-25;1-32-29-26(21-6-2-18(15-28)3-7-21)17-34-22-10-4-19(5-11-22)16-33-23-12-8-20(9-13-23)24-14-25(24)27(30)31;18-14-8-6-13(7-9-14)15-10-16(15)17(19)20-11-12-4-2-1-3-5-12;1-3-6-4(2)5;;/h2-18,31-32H,19,21-23H2,1H3;2-13,24-25H,14,16-17H2,1H3,(H,30,31);1-9,15-16,18H,10-11H2;3H2,1-2H3;1H3;/q;;;;-1;/b36-33+;29-26+;;;;/t31-,32-;24-,25-;15-,16-;;;/m111.../s1. The summed E-state index contributed by atoms with van der Waals surface area (Å²) in [4.78, 5) is 55.1. The topological polar surface area (TPSA) is 264 Å². The molecule has 0 saturated heterocycles. The number of phenolic OH excluding ortho intramolecular Hbond substituents is 1. The van der Waals surface area contributed by atoms with Crippen molar-refractivity contribution in [2.75, 3.05) is 34.0 Å². The Labute approximate surface area is 614 Å². The largest absolute Gasteiger partial charge is 0.508 e. The fraction of sp³-hybridized carbons (Fsp3) is 0.241. The Morgan fingerprint density at radius 2 is 0.767 bits per heavy atom. The van der Waals surface area contributed by atoms with Crippen molar-refractivity contribution in [3.05, 3.63) is 299 Å². The van der Waals surface area contributed by atoms with Crippen LogP contribution in [0.15, 0.2) is 241 Å². The number of carbonyl (C=O) groups is 4. The van der Waals surface area contributed by atoms with Crippen molar-refractivity contribution in [3.63, 3.8) is 0 Å². The third-order valence-corrected chi connectivity index (χ3v) is 16.5. The van der Waals surface area contributed by atoms with Gasteiger partial charge in [0.1, 0.15) is 94.0 Å². The third kappa shape index (κ3) is 25.2. The number of aliphatic carboxylic acids is 1. The fourth-order valence-corrected chi connectivity index (χ4v) is 10.7. The van der Waals surface area contributed by atoms with Crippen molar-refractivity contribution in [1.82, 2.24) is 0 Å². The van der Waals surface area contributed by atoms with Crippen LogP contribution in [-0.2, 0) is 89.9 Å². The molecule has 0 bridgehead atoms. The van der Waals surface area contributed by atoms with E-state index in [1.54, 1.807) is 43.3 Å². The molecule has 3 aliphatic carbocycles. The minimum Gasteiger partial charge on any atom is -0.508 e. The van der Waals surface area contributed by atoms with E-state index in [-0.39, 0.29) is 100 Å². The molecule has 3 aliphatic rings. The van der Waals surface area contributed by atoms with Crippen LogP contribution in [0.2, 0.25) is 0 Å². The summed E-state index contributed by atoms with van der Waals surface area (Å²) in [6.45, 7) is 5.55. The number of nitriles is 2. The van der Waals surface area contributed by atoms with Crippen LogP contribution in [-0.4, -0.2) is 79.6 Å². The van der Waals surface area contributed by atoms with Crippen molar-refractivity contribution >= 4 is 35.3 Å². The summed E-state index contributed by atoms with van der Waals surface area (Å²) in [5.41, 5.74) is 11.3. The van der Waals surface area contributed by atoms with Gasteiger partial charge in [-0.05, 0) is 168 Å². The van der Waals surface area contributed by atoms with E-state index in [0.29, 0.717) is 73.5 Å². The zero-order valence-corrected chi connectivity index (χ0v) is 59.3. The summed E-state index contributed by atoms with van der Waals surface area (Å²) in [5.74, 6) is 2.10. The normalized spacial score (nSPS) is 16.3. The zero-order valence-electron chi connectivity index (χ0n) is 57.8. The molecule has 19 nitrogen and oxygen atoms in total. The SMILES string of the molecule is CCOC(C)=O.CO/N=C(\COc1ccc(COc2ccc([C@H]3C[C@H]3C(=O)O)cc2)cc1)c1ccc(C#N)cc1.CO/N=C(\COc1ccc(COc2ccc([C@H]3C[C@H]3C(=O)OCc3ccccc3)cc2)cc1)c1ccc(C#N)cc1.O=C(OCc1ccccc1)[C@@H]1C[C@@H]1c1ccc(O)cc1.[CH3-].[Pd]. The van der Waals surface area contributed by atoms with E-state index in [1.807, 2.05) is 194 Å². The summed E-state index contributed by atoms with van der Waals surface area (Å²) in [6, 6.07) is 75.6. The number of esters is 3. The molecule has 0 radical (unpaired) electrons. The van der Waals surface area contributed by atoms with Gasteiger partial charge in [0.2, 0.25) is 0 Å². The van der Waals surface area contributed by atoms with E-state index in [4.69, 9.17) is 53.7 Å². The van der Waals surface area contributed by atoms with E-state index in [9.17, 15) is 24.3 Å². The molecular formula is C83H81N4O15Pd-. The number of aromatic hydroxyl groups is 1. The first-order valence-electron chi connectivity index (χ1n) is 32.9. The van der Waals surface area contributed by atoms with Gasteiger partial charge in [-0.2, -0.15) is 10.5 Å². The van der Waals surface area contributed by atoms with Crippen LogP contribution in [0.25, 0.3) is 0 Å². The Morgan fingerprint density at radius 1 is 0.437 bits per heavy atom. The monoisotopic (exact) mass is 1480 g/mol. The van der Waals surface area contributed by atoms with Gasteiger partial charge in [0.05, 0.1) is 47.6 Å². The molecule has 3 saturated carbocycles. The van der Waals surface area contributed by atoms with Gasteiger partial charge in [-0.1, -0.05) is 156 Å². The molecule has 0 heterocycles. The van der Waals surface area contributed by atoms with Gasteiger partial charge < -0.3 is 60.5 Å². The van der Waals surface area contributed by atoms with Crippen molar-refractivity contribution in [2.24, 2.45) is 28.1 Å². The number of carboxylic acids is 1. The molecule has 0 spiro atoms. The van der Waals surface area contributed by atoms with Crippen LogP contribution in [0.5, 0.6) is 28.7 Å². The maximum atomic E-state index is 12.4. The molecule has 2 N–H and O–H groups in total. The van der Waals surface area contributed by atoms with Gasteiger partial charge in [0.15, 0.2) is 0 Å². The molecule has 9 aromatic rings.